The Hall–Kier alpha value is -3.39. The smallest absolute Gasteiger partial charge is 0.351 e. The lowest BCUT2D eigenvalue weighted by molar-refractivity contribution is 0.101. The highest BCUT2D eigenvalue weighted by Gasteiger charge is 2.20. The van der Waals surface area contributed by atoms with E-state index >= 15 is 0 Å². The van der Waals surface area contributed by atoms with Gasteiger partial charge >= 0.3 is 5.69 Å². The summed E-state index contributed by atoms with van der Waals surface area (Å²) < 4.78 is 7.02. The number of nitrogens with zero attached hydrogens (tertiary/aromatic N) is 3. The Morgan fingerprint density at radius 1 is 1.14 bits per heavy atom. The largest absolute Gasteiger partial charge is 0.495 e. The van der Waals surface area contributed by atoms with E-state index in [0.29, 0.717) is 22.1 Å². The van der Waals surface area contributed by atoms with Crippen LogP contribution < -0.4 is 21.3 Å². The van der Waals surface area contributed by atoms with E-state index in [2.05, 4.69) is 10.4 Å². The van der Waals surface area contributed by atoms with Crippen molar-refractivity contribution in [1.82, 2.24) is 14.3 Å². The summed E-state index contributed by atoms with van der Waals surface area (Å²) in [4.78, 5) is 37.6. The number of ether oxygens (including phenoxy) is 1. The number of rotatable bonds is 4. The van der Waals surface area contributed by atoms with Crippen molar-refractivity contribution >= 4 is 23.2 Å². The molecule has 8 nitrogen and oxygen atoms in total. The lowest BCUT2D eigenvalue weighted by Gasteiger charge is -2.12. The molecule has 0 spiro atoms. The molecular weight excluding hydrogens is 384 g/mol. The number of halogens is 1. The fourth-order valence-electron chi connectivity index (χ4n) is 2.57. The molecule has 0 radical (unpaired) electrons. The highest BCUT2D eigenvalue weighted by atomic mass is 35.5. The first-order valence-electron chi connectivity index (χ1n) is 8.24. The molecule has 0 aliphatic rings. The average Bonchev–Trinajstić information content (AvgIpc) is 2.67. The summed E-state index contributed by atoms with van der Waals surface area (Å²) in [6.07, 6.45) is 0. The van der Waals surface area contributed by atoms with Crippen LogP contribution in [0.1, 0.15) is 16.1 Å². The van der Waals surface area contributed by atoms with Gasteiger partial charge in [-0.1, -0.05) is 17.7 Å². The molecule has 0 bridgehead atoms. The number of benzene rings is 2. The Labute approximate surface area is 165 Å². The zero-order chi connectivity index (χ0) is 20.4. The van der Waals surface area contributed by atoms with Gasteiger partial charge in [0, 0.05) is 12.1 Å². The van der Waals surface area contributed by atoms with Gasteiger partial charge in [0.2, 0.25) is 5.69 Å². The number of amides is 1. The van der Waals surface area contributed by atoms with Crippen molar-refractivity contribution < 1.29 is 9.53 Å². The highest BCUT2D eigenvalue weighted by molar-refractivity contribution is 6.30. The van der Waals surface area contributed by atoms with Crippen LogP contribution in [0.15, 0.2) is 52.1 Å². The van der Waals surface area contributed by atoms with Gasteiger partial charge in [-0.15, -0.1) is 0 Å². The van der Waals surface area contributed by atoms with Crippen molar-refractivity contribution in [3.8, 4) is 11.4 Å². The minimum Gasteiger partial charge on any atom is -0.495 e. The molecule has 3 aromatic rings. The number of anilines is 1. The zero-order valence-electron chi connectivity index (χ0n) is 15.4. The Bertz CT molecular complexity index is 1170. The average molecular weight is 401 g/mol. The van der Waals surface area contributed by atoms with Gasteiger partial charge in [0.05, 0.1) is 18.5 Å². The Morgan fingerprint density at radius 3 is 2.46 bits per heavy atom. The van der Waals surface area contributed by atoms with Crippen LogP contribution in [0.5, 0.6) is 5.75 Å². The van der Waals surface area contributed by atoms with Crippen LogP contribution >= 0.6 is 11.6 Å². The monoisotopic (exact) mass is 400 g/mol. The second kappa shape index (κ2) is 7.69. The second-order valence-electron chi connectivity index (χ2n) is 6.04. The van der Waals surface area contributed by atoms with Crippen LogP contribution in [0, 0.1) is 6.92 Å². The molecule has 9 heteroatoms. The molecule has 144 valence electrons. The third-order valence-corrected chi connectivity index (χ3v) is 4.32. The molecule has 0 fully saturated rings. The lowest BCUT2D eigenvalue weighted by Crippen LogP contribution is -2.43. The molecule has 0 atom stereocenters. The van der Waals surface area contributed by atoms with Crippen LogP contribution in [0.25, 0.3) is 5.69 Å². The lowest BCUT2D eigenvalue weighted by atomic mass is 10.2. The third kappa shape index (κ3) is 3.67. The van der Waals surface area contributed by atoms with Crippen molar-refractivity contribution in [2.75, 3.05) is 12.4 Å². The Morgan fingerprint density at radius 2 is 1.82 bits per heavy atom. The van der Waals surface area contributed by atoms with E-state index in [4.69, 9.17) is 16.3 Å². The van der Waals surface area contributed by atoms with E-state index in [-0.39, 0.29) is 0 Å². The molecule has 0 aliphatic carbocycles. The molecule has 0 unspecified atom stereocenters. The molecule has 1 aromatic heterocycles. The van der Waals surface area contributed by atoms with Gasteiger partial charge in [-0.3, -0.25) is 14.2 Å². The number of hydrogen-bond acceptors (Lipinski definition) is 5. The van der Waals surface area contributed by atoms with Crippen LogP contribution in [-0.4, -0.2) is 27.4 Å². The minimum atomic E-state index is -0.806. The van der Waals surface area contributed by atoms with Crippen LogP contribution in [0.4, 0.5) is 5.69 Å². The standard InChI is InChI=1S/C19H17ClN4O4/c1-11-4-9-15(28-3)14(10-11)21-17(25)16-18(26)23(2)19(27)24(22-16)13-7-5-12(20)6-8-13/h4-10H,1-3H3,(H,21,25). The number of carbonyl (C=O) groups excluding carboxylic acids is 1. The van der Waals surface area contributed by atoms with Crippen molar-refractivity contribution in [3.63, 3.8) is 0 Å². The van der Waals surface area contributed by atoms with Crippen LogP contribution in [0.2, 0.25) is 5.02 Å². The van der Waals surface area contributed by atoms with Crippen LogP contribution in [0.3, 0.4) is 0 Å². The van der Waals surface area contributed by atoms with Gasteiger partial charge in [-0.25, -0.2) is 4.79 Å². The number of nitrogens with one attached hydrogen (secondary N) is 1. The predicted molar refractivity (Wildman–Crippen MR) is 106 cm³/mol. The fourth-order valence-corrected chi connectivity index (χ4v) is 2.69. The highest BCUT2D eigenvalue weighted by Crippen LogP contribution is 2.25. The SMILES string of the molecule is COc1ccc(C)cc1NC(=O)c1nn(-c2ccc(Cl)cc2)c(=O)n(C)c1=O. The fraction of sp³-hybridized carbons (Fsp3) is 0.158. The summed E-state index contributed by atoms with van der Waals surface area (Å²) in [5, 5.41) is 7.08. The van der Waals surface area contributed by atoms with Gasteiger partial charge in [-0.2, -0.15) is 9.78 Å². The molecule has 3 rings (SSSR count). The second-order valence-corrected chi connectivity index (χ2v) is 6.48. The molecule has 1 N–H and O–H groups in total. The van der Waals surface area contributed by atoms with E-state index in [1.165, 1.54) is 14.2 Å². The molecule has 2 aromatic carbocycles. The summed E-state index contributed by atoms with van der Waals surface area (Å²) in [6.45, 7) is 1.85. The maximum atomic E-state index is 12.7. The van der Waals surface area contributed by atoms with E-state index in [9.17, 15) is 14.4 Å². The van der Waals surface area contributed by atoms with Gasteiger partial charge in [0.25, 0.3) is 11.5 Å². The number of aryl methyl sites for hydroxylation is 1. The van der Waals surface area contributed by atoms with E-state index < -0.39 is 22.9 Å². The summed E-state index contributed by atoms with van der Waals surface area (Å²) in [5.41, 5.74) is -0.271. The van der Waals surface area contributed by atoms with Crippen LogP contribution in [-0.2, 0) is 7.05 Å². The Kier molecular flexibility index (Phi) is 5.32. The minimum absolute atomic E-state index is 0.368. The zero-order valence-corrected chi connectivity index (χ0v) is 16.1. The molecular formula is C19H17ClN4O4. The molecule has 0 saturated carbocycles. The normalized spacial score (nSPS) is 10.6. The van der Waals surface area contributed by atoms with Gasteiger partial charge < -0.3 is 10.1 Å². The number of hydrogen-bond donors (Lipinski definition) is 1. The van der Waals surface area contributed by atoms with Crippen molar-refractivity contribution in [1.29, 1.82) is 0 Å². The number of methoxy groups -OCH3 is 1. The first kappa shape index (κ1) is 19.4. The number of carbonyl (C=O) groups is 1. The molecule has 28 heavy (non-hydrogen) atoms. The number of aromatic nitrogens is 3. The van der Waals surface area contributed by atoms with Crippen molar-refractivity contribution in [2.45, 2.75) is 6.92 Å². The van der Waals surface area contributed by atoms with E-state index in [0.717, 1.165) is 14.8 Å². The van der Waals surface area contributed by atoms with Crippen molar-refractivity contribution in [2.24, 2.45) is 7.05 Å². The van der Waals surface area contributed by atoms with Gasteiger partial charge in [0.1, 0.15) is 5.75 Å². The summed E-state index contributed by atoms with van der Waals surface area (Å²) in [6, 6.07) is 11.5. The maximum absolute atomic E-state index is 12.7. The van der Waals surface area contributed by atoms with Gasteiger partial charge in [0.15, 0.2) is 0 Å². The summed E-state index contributed by atoms with van der Waals surface area (Å²) >= 11 is 5.87. The third-order valence-electron chi connectivity index (χ3n) is 4.06. The van der Waals surface area contributed by atoms with E-state index in [1.807, 2.05) is 13.0 Å². The van der Waals surface area contributed by atoms with E-state index in [1.54, 1.807) is 36.4 Å². The maximum Gasteiger partial charge on any atom is 0.351 e. The molecule has 1 heterocycles. The summed E-state index contributed by atoms with van der Waals surface area (Å²) in [5.74, 6) is -0.325. The first-order chi connectivity index (χ1) is 13.3. The predicted octanol–water partition coefficient (Wildman–Crippen LogP) is 2.15. The summed E-state index contributed by atoms with van der Waals surface area (Å²) in [7, 11) is 2.75. The Balaban J connectivity index is 2.08. The molecule has 0 saturated heterocycles. The van der Waals surface area contributed by atoms with Gasteiger partial charge in [-0.05, 0) is 48.9 Å². The molecule has 0 aliphatic heterocycles. The van der Waals surface area contributed by atoms with Crippen molar-refractivity contribution in [3.05, 3.63) is 79.6 Å². The molecule has 1 amide bonds. The topological polar surface area (TPSA) is 95.2 Å². The first-order valence-corrected chi connectivity index (χ1v) is 8.62. The quantitative estimate of drug-likeness (QED) is 0.724.